The molecule has 112 valence electrons. The van der Waals surface area contributed by atoms with Crippen molar-refractivity contribution >= 4 is 27.3 Å². The molecule has 0 atom stereocenters. The minimum atomic E-state index is -3.61. The van der Waals surface area contributed by atoms with E-state index in [1.165, 1.54) is 24.3 Å². The van der Waals surface area contributed by atoms with Gasteiger partial charge in [-0.1, -0.05) is 18.5 Å². The zero-order chi connectivity index (χ0) is 15.3. The van der Waals surface area contributed by atoms with E-state index in [0.29, 0.717) is 23.1 Å². The van der Waals surface area contributed by atoms with Gasteiger partial charge in [-0.15, -0.1) is 0 Å². The lowest BCUT2D eigenvalue weighted by Gasteiger charge is -2.09. The Morgan fingerprint density at radius 3 is 2.24 bits per heavy atom. The van der Waals surface area contributed by atoms with E-state index in [1.54, 1.807) is 24.3 Å². The molecule has 0 fully saturated rings. The van der Waals surface area contributed by atoms with Crippen LogP contribution in [0.4, 0.5) is 5.69 Å². The lowest BCUT2D eigenvalue weighted by Crippen LogP contribution is -2.12. The van der Waals surface area contributed by atoms with Gasteiger partial charge in [0.05, 0.1) is 11.5 Å². The Labute approximate surface area is 129 Å². The second-order valence-corrected chi connectivity index (χ2v) is 6.55. The van der Waals surface area contributed by atoms with Crippen LogP contribution in [0.2, 0.25) is 5.02 Å². The van der Waals surface area contributed by atoms with Gasteiger partial charge < -0.3 is 4.74 Å². The van der Waals surface area contributed by atoms with Gasteiger partial charge in [0.1, 0.15) is 5.75 Å². The molecule has 0 radical (unpaired) electrons. The first-order valence-corrected chi connectivity index (χ1v) is 8.38. The van der Waals surface area contributed by atoms with Gasteiger partial charge in [-0.3, -0.25) is 4.72 Å². The van der Waals surface area contributed by atoms with E-state index in [1.807, 2.05) is 6.92 Å². The molecule has 0 aliphatic carbocycles. The Bertz CT molecular complexity index is 682. The first-order valence-electron chi connectivity index (χ1n) is 6.52. The maximum atomic E-state index is 12.2. The van der Waals surface area contributed by atoms with Crippen LogP contribution in [0.1, 0.15) is 13.3 Å². The summed E-state index contributed by atoms with van der Waals surface area (Å²) in [5.74, 6) is 0.714. The number of ether oxygens (including phenoxy) is 1. The minimum absolute atomic E-state index is 0.165. The Morgan fingerprint density at radius 1 is 1.05 bits per heavy atom. The molecule has 1 N–H and O–H groups in total. The maximum Gasteiger partial charge on any atom is 0.261 e. The second-order valence-electron chi connectivity index (χ2n) is 4.43. The Kier molecular flexibility index (Phi) is 5.09. The monoisotopic (exact) mass is 325 g/mol. The summed E-state index contributed by atoms with van der Waals surface area (Å²) in [4.78, 5) is 0.165. The highest BCUT2D eigenvalue weighted by atomic mass is 35.5. The van der Waals surface area contributed by atoms with Crippen molar-refractivity contribution in [2.75, 3.05) is 11.3 Å². The van der Waals surface area contributed by atoms with E-state index in [9.17, 15) is 8.42 Å². The fourth-order valence-electron chi connectivity index (χ4n) is 1.67. The van der Waals surface area contributed by atoms with Crippen LogP contribution in [0.15, 0.2) is 53.4 Å². The number of nitrogens with one attached hydrogen (secondary N) is 1. The molecule has 0 aromatic heterocycles. The number of hydrogen-bond donors (Lipinski definition) is 1. The summed E-state index contributed by atoms with van der Waals surface area (Å²) >= 11 is 5.75. The van der Waals surface area contributed by atoms with Gasteiger partial charge >= 0.3 is 0 Å². The van der Waals surface area contributed by atoms with E-state index in [2.05, 4.69) is 4.72 Å². The molecule has 0 aliphatic heterocycles. The average molecular weight is 326 g/mol. The second kappa shape index (κ2) is 6.83. The van der Waals surface area contributed by atoms with Crippen molar-refractivity contribution in [1.82, 2.24) is 0 Å². The fraction of sp³-hybridized carbons (Fsp3) is 0.200. The van der Waals surface area contributed by atoms with Gasteiger partial charge in [-0.05, 0) is 55.0 Å². The van der Waals surface area contributed by atoms with Crippen molar-refractivity contribution < 1.29 is 13.2 Å². The summed E-state index contributed by atoms with van der Waals surface area (Å²) in [6.45, 7) is 2.66. The van der Waals surface area contributed by atoms with Crippen LogP contribution in [0.25, 0.3) is 0 Å². The number of benzene rings is 2. The highest BCUT2D eigenvalue weighted by Crippen LogP contribution is 2.20. The van der Waals surface area contributed by atoms with Gasteiger partial charge in [0, 0.05) is 10.7 Å². The third kappa shape index (κ3) is 4.37. The predicted octanol–water partition coefficient (Wildman–Crippen LogP) is 3.93. The molecule has 0 amide bonds. The molecule has 2 rings (SSSR count). The summed E-state index contributed by atoms with van der Waals surface area (Å²) in [5, 5.41) is 0.492. The minimum Gasteiger partial charge on any atom is -0.494 e. The van der Waals surface area contributed by atoms with Crippen LogP contribution in [0.5, 0.6) is 5.75 Å². The molecule has 6 heteroatoms. The highest BCUT2D eigenvalue weighted by Gasteiger charge is 2.13. The summed E-state index contributed by atoms with van der Waals surface area (Å²) in [7, 11) is -3.61. The topological polar surface area (TPSA) is 55.4 Å². The lowest BCUT2D eigenvalue weighted by atomic mass is 10.3. The van der Waals surface area contributed by atoms with Crippen LogP contribution in [0, 0.1) is 0 Å². The van der Waals surface area contributed by atoms with Crippen molar-refractivity contribution in [3.05, 3.63) is 53.6 Å². The molecule has 0 bridgehead atoms. The van der Waals surface area contributed by atoms with Crippen molar-refractivity contribution in [2.24, 2.45) is 0 Å². The molecule has 2 aromatic rings. The number of sulfonamides is 1. The quantitative estimate of drug-likeness (QED) is 0.875. The van der Waals surface area contributed by atoms with Gasteiger partial charge in [-0.25, -0.2) is 8.42 Å². The highest BCUT2D eigenvalue weighted by molar-refractivity contribution is 7.92. The summed E-state index contributed by atoms with van der Waals surface area (Å²) in [6, 6.07) is 12.8. The van der Waals surface area contributed by atoms with Crippen LogP contribution < -0.4 is 9.46 Å². The third-order valence-electron chi connectivity index (χ3n) is 2.70. The van der Waals surface area contributed by atoms with E-state index < -0.39 is 10.0 Å². The van der Waals surface area contributed by atoms with Crippen LogP contribution in [0.3, 0.4) is 0 Å². The van der Waals surface area contributed by atoms with Crippen LogP contribution in [-0.4, -0.2) is 15.0 Å². The SMILES string of the molecule is CCCOc1ccc(NS(=O)(=O)c2ccc(Cl)cc2)cc1. The number of anilines is 1. The van der Waals surface area contributed by atoms with Crippen LogP contribution in [-0.2, 0) is 10.0 Å². The van der Waals surface area contributed by atoms with E-state index in [0.717, 1.165) is 6.42 Å². The van der Waals surface area contributed by atoms with E-state index in [-0.39, 0.29) is 4.90 Å². The average Bonchev–Trinajstić information content (AvgIpc) is 2.47. The predicted molar refractivity (Wildman–Crippen MR) is 84.5 cm³/mol. The zero-order valence-corrected chi connectivity index (χ0v) is 13.1. The van der Waals surface area contributed by atoms with Crippen molar-refractivity contribution in [2.45, 2.75) is 18.2 Å². The molecule has 0 unspecified atom stereocenters. The van der Waals surface area contributed by atoms with E-state index >= 15 is 0 Å². The van der Waals surface area contributed by atoms with Crippen molar-refractivity contribution in [3.63, 3.8) is 0 Å². The van der Waals surface area contributed by atoms with Crippen LogP contribution >= 0.6 is 11.6 Å². The lowest BCUT2D eigenvalue weighted by molar-refractivity contribution is 0.317. The molecule has 0 aliphatic rings. The molecule has 0 heterocycles. The molecular formula is C15H16ClNO3S. The summed E-state index contributed by atoms with van der Waals surface area (Å²) in [6.07, 6.45) is 0.922. The molecule has 4 nitrogen and oxygen atoms in total. The summed E-state index contributed by atoms with van der Waals surface area (Å²) < 4.78 is 32.3. The molecule has 2 aromatic carbocycles. The van der Waals surface area contributed by atoms with Gasteiger partial charge in [0.15, 0.2) is 0 Å². The Balaban J connectivity index is 2.11. The van der Waals surface area contributed by atoms with Crippen molar-refractivity contribution in [1.29, 1.82) is 0 Å². The number of hydrogen-bond acceptors (Lipinski definition) is 3. The molecule has 0 spiro atoms. The number of halogens is 1. The normalized spacial score (nSPS) is 11.1. The first kappa shape index (κ1) is 15.7. The van der Waals surface area contributed by atoms with Gasteiger partial charge in [-0.2, -0.15) is 0 Å². The van der Waals surface area contributed by atoms with Gasteiger partial charge in [0.25, 0.3) is 10.0 Å². The first-order chi connectivity index (χ1) is 10.0. The standard InChI is InChI=1S/C15H16ClNO3S/c1-2-11-20-14-7-5-13(6-8-14)17-21(18,19)15-9-3-12(16)4-10-15/h3-10,17H,2,11H2,1H3. The van der Waals surface area contributed by atoms with E-state index in [4.69, 9.17) is 16.3 Å². The molecule has 21 heavy (non-hydrogen) atoms. The molecule has 0 saturated carbocycles. The Hall–Kier alpha value is -1.72. The smallest absolute Gasteiger partial charge is 0.261 e. The largest absolute Gasteiger partial charge is 0.494 e. The zero-order valence-electron chi connectivity index (χ0n) is 11.5. The molecule has 0 saturated heterocycles. The summed E-state index contributed by atoms with van der Waals surface area (Å²) in [5.41, 5.74) is 0.480. The number of rotatable bonds is 6. The van der Waals surface area contributed by atoms with Gasteiger partial charge in [0.2, 0.25) is 0 Å². The molecular weight excluding hydrogens is 310 g/mol. The van der Waals surface area contributed by atoms with Crippen molar-refractivity contribution in [3.8, 4) is 5.75 Å². The maximum absolute atomic E-state index is 12.2. The fourth-order valence-corrected chi connectivity index (χ4v) is 2.85. The third-order valence-corrected chi connectivity index (χ3v) is 4.35. The Morgan fingerprint density at radius 2 is 1.67 bits per heavy atom.